The summed E-state index contributed by atoms with van der Waals surface area (Å²) in [6.07, 6.45) is -4.50. The van der Waals surface area contributed by atoms with Gasteiger partial charge in [-0.05, 0) is 43.8 Å². The Labute approximate surface area is 145 Å². The normalized spacial score (nSPS) is 12.5. The average molecular weight is 373 g/mol. The van der Waals surface area contributed by atoms with E-state index in [9.17, 15) is 18.0 Å². The van der Waals surface area contributed by atoms with Crippen LogP contribution in [0.3, 0.4) is 0 Å². The predicted octanol–water partition coefficient (Wildman–Crippen LogP) is 3.37. The van der Waals surface area contributed by atoms with Crippen LogP contribution in [0.5, 0.6) is 5.88 Å². The van der Waals surface area contributed by atoms with Crippen molar-refractivity contribution in [1.82, 2.24) is 15.2 Å². The number of pyridine rings is 1. The molecule has 25 heavy (non-hydrogen) atoms. The van der Waals surface area contributed by atoms with Crippen molar-refractivity contribution < 1.29 is 27.4 Å². The standard InChI is InChI=1S/C15H14F3N3O3S/c1-3-23-14(22)9(2)24-11-5-7-13(21-20-11)25-12-6-4-10(8-19-12)15(16,17)18/h4-9H,3H2,1-2H3/t9-/m1/s1. The van der Waals surface area contributed by atoms with E-state index in [1.807, 2.05) is 0 Å². The first-order chi connectivity index (χ1) is 11.8. The molecule has 0 aliphatic rings. The van der Waals surface area contributed by atoms with E-state index in [1.165, 1.54) is 19.1 Å². The summed E-state index contributed by atoms with van der Waals surface area (Å²) in [7, 11) is 0. The van der Waals surface area contributed by atoms with Crippen LogP contribution in [0.1, 0.15) is 19.4 Å². The van der Waals surface area contributed by atoms with Gasteiger partial charge < -0.3 is 9.47 Å². The molecule has 0 fully saturated rings. The van der Waals surface area contributed by atoms with E-state index in [-0.39, 0.29) is 12.5 Å². The fourth-order valence-corrected chi connectivity index (χ4v) is 2.30. The zero-order valence-corrected chi connectivity index (χ0v) is 14.1. The summed E-state index contributed by atoms with van der Waals surface area (Å²) in [5.74, 6) is -0.387. The van der Waals surface area contributed by atoms with Gasteiger partial charge in [0.05, 0.1) is 12.2 Å². The Bertz CT molecular complexity index is 709. The molecule has 2 heterocycles. The number of aromatic nitrogens is 3. The topological polar surface area (TPSA) is 74.2 Å². The fraction of sp³-hybridized carbons (Fsp3) is 0.333. The highest BCUT2D eigenvalue weighted by atomic mass is 32.2. The molecule has 0 saturated heterocycles. The Morgan fingerprint density at radius 1 is 1.20 bits per heavy atom. The van der Waals surface area contributed by atoms with Gasteiger partial charge in [-0.3, -0.25) is 0 Å². The molecule has 2 rings (SSSR count). The third-order valence-corrected chi connectivity index (χ3v) is 3.68. The van der Waals surface area contributed by atoms with Gasteiger partial charge in [0, 0.05) is 12.3 Å². The maximum Gasteiger partial charge on any atom is 0.417 e. The number of rotatable bonds is 6. The van der Waals surface area contributed by atoms with Gasteiger partial charge >= 0.3 is 12.1 Å². The first-order valence-electron chi connectivity index (χ1n) is 7.17. The molecule has 10 heteroatoms. The van der Waals surface area contributed by atoms with Gasteiger partial charge in [-0.15, -0.1) is 10.2 Å². The van der Waals surface area contributed by atoms with E-state index in [1.54, 1.807) is 13.0 Å². The largest absolute Gasteiger partial charge is 0.463 e. The number of halogens is 3. The lowest BCUT2D eigenvalue weighted by atomic mass is 10.3. The number of nitrogens with zero attached hydrogens (tertiary/aromatic N) is 3. The lowest BCUT2D eigenvalue weighted by molar-refractivity contribution is -0.150. The average Bonchev–Trinajstić information content (AvgIpc) is 2.56. The van der Waals surface area contributed by atoms with Gasteiger partial charge in [0.2, 0.25) is 5.88 Å². The van der Waals surface area contributed by atoms with E-state index >= 15 is 0 Å². The summed E-state index contributed by atoms with van der Waals surface area (Å²) in [6, 6.07) is 5.25. The molecule has 0 bridgehead atoms. The molecule has 0 aliphatic heterocycles. The minimum absolute atomic E-state index is 0.130. The Hall–Kier alpha value is -2.36. The quantitative estimate of drug-likeness (QED) is 0.719. The van der Waals surface area contributed by atoms with Crippen LogP contribution in [-0.2, 0) is 15.7 Å². The van der Waals surface area contributed by atoms with Gasteiger partial charge in [-0.1, -0.05) is 0 Å². The highest BCUT2D eigenvalue weighted by Gasteiger charge is 2.30. The van der Waals surface area contributed by atoms with Gasteiger partial charge in [0.15, 0.2) is 6.10 Å². The van der Waals surface area contributed by atoms with E-state index in [0.29, 0.717) is 10.1 Å². The fourth-order valence-electron chi connectivity index (χ4n) is 1.63. The van der Waals surface area contributed by atoms with Crippen molar-refractivity contribution >= 4 is 17.7 Å². The number of ether oxygens (including phenoxy) is 2. The van der Waals surface area contributed by atoms with Crippen molar-refractivity contribution in [1.29, 1.82) is 0 Å². The number of carbonyl (C=O) groups is 1. The number of hydrogen-bond acceptors (Lipinski definition) is 7. The molecular weight excluding hydrogens is 359 g/mol. The van der Waals surface area contributed by atoms with E-state index in [2.05, 4.69) is 15.2 Å². The van der Waals surface area contributed by atoms with Crippen LogP contribution in [0.25, 0.3) is 0 Å². The van der Waals surface area contributed by atoms with Crippen molar-refractivity contribution in [3.63, 3.8) is 0 Å². The van der Waals surface area contributed by atoms with Crippen molar-refractivity contribution in [3.8, 4) is 5.88 Å². The molecule has 0 amide bonds. The second-order valence-corrected chi connectivity index (χ2v) is 5.75. The number of esters is 1. The summed E-state index contributed by atoms with van der Waals surface area (Å²) >= 11 is 1.05. The second kappa shape index (κ2) is 8.15. The monoisotopic (exact) mass is 373 g/mol. The molecule has 0 radical (unpaired) electrons. The Morgan fingerprint density at radius 2 is 1.92 bits per heavy atom. The molecule has 1 atom stereocenters. The van der Waals surface area contributed by atoms with Crippen LogP contribution in [0, 0.1) is 0 Å². The first kappa shape index (κ1) is 19.0. The summed E-state index contributed by atoms with van der Waals surface area (Å²) in [5, 5.41) is 8.45. The van der Waals surface area contributed by atoms with Crippen LogP contribution >= 0.6 is 11.8 Å². The Balaban J connectivity index is 1.97. The first-order valence-corrected chi connectivity index (χ1v) is 7.99. The third kappa shape index (κ3) is 5.59. The highest BCUT2D eigenvalue weighted by Crippen LogP contribution is 2.31. The van der Waals surface area contributed by atoms with Crippen LogP contribution in [0.2, 0.25) is 0 Å². The van der Waals surface area contributed by atoms with Crippen molar-refractivity contribution in [2.75, 3.05) is 6.61 Å². The maximum atomic E-state index is 12.5. The molecule has 0 N–H and O–H groups in total. The zero-order valence-electron chi connectivity index (χ0n) is 13.3. The van der Waals surface area contributed by atoms with Gasteiger partial charge in [-0.25, -0.2) is 9.78 Å². The molecule has 6 nitrogen and oxygen atoms in total. The predicted molar refractivity (Wildman–Crippen MR) is 82.1 cm³/mol. The maximum absolute atomic E-state index is 12.5. The molecule has 2 aromatic heterocycles. The molecule has 134 valence electrons. The van der Waals surface area contributed by atoms with Gasteiger partial charge in [0.1, 0.15) is 10.1 Å². The molecule has 0 aliphatic carbocycles. The minimum Gasteiger partial charge on any atom is -0.463 e. The van der Waals surface area contributed by atoms with Crippen molar-refractivity contribution in [2.24, 2.45) is 0 Å². The molecular formula is C15H14F3N3O3S. The summed E-state index contributed by atoms with van der Waals surface area (Å²) in [6.45, 7) is 3.45. The Kier molecular flexibility index (Phi) is 6.18. The highest BCUT2D eigenvalue weighted by molar-refractivity contribution is 7.99. The van der Waals surface area contributed by atoms with Gasteiger partial charge in [0.25, 0.3) is 0 Å². The number of carbonyl (C=O) groups excluding carboxylic acids is 1. The second-order valence-electron chi connectivity index (χ2n) is 4.71. The van der Waals surface area contributed by atoms with Crippen molar-refractivity contribution in [2.45, 2.75) is 36.2 Å². The summed E-state index contributed by atoms with van der Waals surface area (Å²) < 4.78 is 47.5. The number of alkyl halides is 3. The summed E-state index contributed by atoms with van der Waals surface area (Å²) in [4.78, 5) is 15.2. The van der Waals surface area contributed by atoms with E-state index in [4.69, 9.17) is 9.47 Å². The molecule has 0 spiro atoms. The van der Waals surface area contributed by atoms with Crippen LogP contribution in [-0.4, -0.2) is 33.9 Å². The molecule has 0 unspecified atom stereocenters. The van der Waals surface area contributed by atoms with E-state index in [0.717, 1.165) is 24.0 Å². The molecule has 0 saturated carbocycles. The Morgan fingerprint density at radius 3 is 2.44 bits per heavy atom. The molecule has 0 aromatic carbocycles. The number of hydrogen-bond donors (Lipinski definition) is 0. The minimum atomic E-state index is -4.43. The van der Waals surface area contributed by atoms with Crippen LogP contribution < -0.4 is 4.74 Å². The smallest absolute Gasteiger partial charge is 0.417 e. The summed E-state index contributed by atoms with van der Waals surface area (Å²) in [5.41, 5.74) is -0.820. The molecule has 2 aromatic rings. The van der Waals surface area contributed by atoms with Crippen LogP contribution in [0.4, 0.5) is 13.2 Å². The third-order valence-electron chi connectivity index (χ3n) is 2.80. The lowest BCUT2D eigenvalue weighted by Crippen LogP contribution is -2.26. The van der Waals surface area contributed by atoms with Crippen molar-refractivity contribution in [3.05, 3.63) is 36.0 Å². The van der Waals surface area contributed by atoms with Crippen LogP contribution in [0.15, 0.2) is 40.5 Å². The SMILES string of the molecule is CCOC(=O)[C@@H](C)Oc1ccc(Sc2ccc(C(F)(F)F)cn2)nn1. The zero-order chi connectivity index (χ0) is 18.4. The van der Waals surface area contributed by atoms with E-state index < -0.39 is 23.8 Å². The van der Waals surface area contributed by atoms with Gasteiger partial charge in [-0.2, -0.15) is 13.2 Å². The lowest BCUT2D eigenvalue weighted by Gasteiger charge is -2.12.